The van der Waals surface area contributed by atoms with E-state index >= 15 is 0 Å². The fourth-order valence-corrected chi connectivity index (χ4v) is 12.0. The molecule has 0 aliphatic heterocycles. The van der Waals surface area contributed by atoms with Crippen molar-refractivity contribution in [1.82, 2.24) is 10.6 Å². The van der Waals surface area contributed by atoms with Crippen molar-refractivity contribution in [2.75, 3.05) is 67.6 Å². The van der Waals surface area contributed by atoms with Gasteiger partial charge in [-0.15, -0.1) is 0 Å². The summed E-state index contributed by atoms with van der Waals surface area (Å²) in [6, 6.07) is 25.9. The molecule has 2 atom stereocenters. The third-order valence-electron chi connectivity index (χ3n) is 15.0. The molecule has 82 heavy (non-hydrogen) atoms. The number of sulfone groups is 2. The van der Waals surface area contributed by atoms with Crippen molar-refractivity contribution < 1.29 is 64.2 Å². The van der Waals surface area contributed by atoms with Gasteiger partial charge in [0.25, 0.3) is 11.8 Å². The molecule has 2 aliphatic rings. The van der Waals surface area contributed by atoms with E-state index in [0.717, 1.165) is 81.6 Å². The largest absolute Gasteiger partial charge is 0.494 e. The van der Waals surface area contributed by atoms with Crippen molar-refractivity contribution in [3.05, 3.63) is 119 Å². The predicted molar refractivity (Wildman–Crippen MR) is 318 cm³/mol. The van der Waals surface area contributed by atoms with Crippen LogP contribution in [0, 0.1) is 25.7 Å². The number of hydrogen-bond donors (Lipinski definition) is 5. The Balaban J connectivity index is 0.000000236. The number of aryl methyl sites for hydroxylation is 2. The molecule has 2 unspecified atom stereocenters. The Bertz CT molecular complexity index is 3330. The molecular formula is C62H80N4O14S2. The highest BCUT2D eigenvalue weighted by Crippen LogP contribution is 2.43. The number of nitrogens with one attached hydrogen (secondary N) is 4. The number of carbonyl (C=O) groups is 4. The van der Waals surface area contributed by atoms with Gasteiger partial charge in [-0.05, 0) is 156 Å². The molecule has 0 saturated heterocycles. The highest BCUT2D eigenvalue weighted by Gasteiger charge is 2.32. The molecule has 2 aliphatic carbocycles. The Kier molecular flexibility index (Phi) is 22.7. The molecule has 6 aromatic rings. The fourth-order valence-electron chi connectivity index (χ4n) is 10.8. The van der Waals surface area contributed by atoms with Gasteiger partial charge in [-0.3, -0.25) is 19.2 Å². The van der Waals surface area contributed by atoms with Gasteiger partial charge < -0.3 is 49.4 Å². The van der Waals surface area contributed by atoms with E-state index in [0.29, 0.717) is 67.1 Å². The molecule has 444 valence electrons. The van der Waals surface area contributed by atoms with Gasteiger partial charge in [0.2, 0.25) is 0 Å². The first-order valence-corrected chi connectivity index (χ1v) is 32.7. The SMILES string of the molecule is CCOC(=O)CCNC(=O)c1ccc(NC(c2oc3ccc(OCCCS(C)(=O)=O)cc3c2C)C2CCCCC2)cc1.Cc1c(C(Nc2ccc(C(=O)NCCC(=O)O)cc2)C2CCCCC2)oc2ccc(OCCCS(C)(=O)=O)cc12. The summed E-state index contributed by atoms with van der Waals surface area (Å²) in [5.41, 5.74) is 6.38. The first-order chi connectivity index (χ1) is 39.2. The van der Waals surface area contributed by atoms with Crippen LogP contribution in [0.25, 0.3) is 21.9 Å². The minimum absolute atomic E-state index is 0.0407. The van der Waals surface area contributed by atoms with Crippen LogP contribution in [-0.4, -0.2) is 103 Å². The van der Waals surface area contributed by atoms with Gasteiger partial charge >= 0.3 is 11.9 Å². The van der Waals surface area contributed by atoms with Crippen molar-refractivity contribution in [2.45, 2.75) is 123 Å². The fraction of sp³-hybridized carbons (Fsp3) is 0.484. The first-order valence-electron chi connectivity index (χ1n) is 28.6. The van der Waals surface area contributed by atoms with E-state index in [1.165, 1.54) is 51.0 Å². The minimum Gasteiger partial charge on any atom is -0.494 e. The maximum atomic E-state index is 12.5. The lowest BCUT2D eigenvalue weighted by molar-refractivity contribution is -0.143. The molecule has 0 radical (unpaired) electrons. The lowest BCUT2D eigenvalue weighted by Gasteiger charge is -2.31. The van der Waals surface area contributed by atoms with E-state index in [-0.39, 0.29) is 67.3 Å². The number of carboxylic acids is 1. The number of amides is 2. The van der Waals surface area contributed by atoms with Crippen LogP contribution in [-0.2, 0) is 34.0 Å². The number of aliphatic carboxylic acids is 1. The van der Waals surface area contributed by atoms with Crippen LogP contribution in [0.4, 0.5) is 11.4 Å². The Morgan fingerprint density at radius 1 is 0.585 bits per heavy atom. The Labute approximate surface area is 481 Å². The summed E-state index contributed by atoms with van der Waals surface area (Å²) in [5.74, 6) is 2.28. The molecule has 0 spiro atoms. The third kappa shape index (κ3) is 18.7. The van der Waals surface area contributed by atoms with Crippen molar-refractivity contribution in [3.8, 4) is 11.5 Å². The topological polar surface area (TPSA) is 259 Å². The summed E-state index contributed by atoms with van der Waals surface area (Å²) in [6.07, 6.45) is 14.9. The molecule has 18 nitrogen and oxygen atoms in total. The number of carboxylic acid groups (broad SMARTS) is 1. The minimum atomic E-state index is -3.02. The molecule has 8 rings (SSSR count). The number of ether oxygens (including phenoxy) is 3. The quantitative estimate of drug-likeness (QED) is 0.0237. The number of furan rings is 2. The maximum absolute atomic E-state index is 12.5. The predicted octanol–water partition coefficient (Wildman–Crippen LogP) is 11.5. The zero-order valence-corrected chi connectivity index (χ0v) is 49.4. The Morgan fingerprint density at radius 2 is 0.988 bits per heavy atom. The molecule has 5 N–H and O–H groups in total. The van der Waals surface area contributed by atoms with Crippen LogP contribution in [0.1, 0.15) is 152 Å². The van der Waals surface area contributed by atoms with Gasteiger partial charge in [-0.2, -0.15) is 0 Å². The van der Waals surface area contributed by atoms with Crippen molar-refractivity contribution in [1.29, 1.82) is 0 Å². The number of esters is 1. The second kappa shape index (κ2) is 29.8. The van der Waals surface area contributed by atoms with Crippen molar-refractivity contribution in [3.63, 3.8) is 0 Å². The van der Waals surface area contributed by atoms with E-state index < -0.39 is 25.6 Å². The second-order valence-corrected chi connectivity index (χ2v) is 26.1. The molecule has 2 amide bonds. The number of anilines is 2. The summed E-state index contributed by atoms with van der Waals surface area (Å²) in [5, 5.41) is 23.5. The van der Waals surface area contributed by atoms with Gasteiger partial charge in [-0.1, -0.05) is 38.5 Å². The smallest absolute Gasteiger partial charge is 0.307 e. The van der Waals surface area contributed by atoms with E-state index in [1.807, 2.05) is 60.7 Å². The lowest BCUT2D eigenvalue weighted by Crippen LogP contribution is -2.26. The van der Waals surface area contributed by atoms with E-state index in [2.05, 4.69) is 35.1 Å². The summed E-state index contributed by atoms with van der Waals surface area (Å²) in [6.45, 7) is 7.14. The monoisotopic (exact) mass is 1170 g/mol. The van der Waals surface area contributed by atoms with Gasteiger partial charge in [0.05, 0.1) is 56.3 Å². The van der Waals surface area contributed by atoms with E-state index in [4.69, 9.17) is 28.2 Å². The molecule has 2 heterocycles. The van der Waals surface area contributed by atoms with Crippen LogP contribution in [0.2, 0.25) is 0 Å². The van der Waals surface area contributed by atoms with E-state index in [9.17, 15) is 36.0 Å². The molecule has 2 aromatic heterocycles. The molecule has 2 fully saturated rings. The zero-order valence-electron chi connectivity index (χ0n) is 47.8. The molecule has 4 aromatic carbocycles. The van der Waals surface area contributed by atoms with Crippen LogP contribution in [0.3, 0.4) is 0 Å². The van der Waals surface area contributed by atoms with Crippen LogP contribution >= 0.6 is 0 Å². The van der Waals surface area contributed by atoms with Gasteiger partial charge in [0.15, 0.2) is 0 Å². The zero-order chi connectivity index (χ0) is 58.8. The summed E-state index contributed by atoms with van der Waals surface area (Å²) in [4.78, 5) is 47.1. The Hall–Kier alpha value is -7.06. The molecular weight excluding hydrogens is 1090 g/mol. The average Bonchev–Trinajstić information content (AvgIpc) is 3.34. The van der Waals surface area contributed by atoms with Crippen LogP contribution < -0.4 is 30.7 Å². The number of hydrogen-bond acceptors (Lipinski definition) is 15. The summed E-state index contributed by atoms with van der Waals surface area (Å²) in [7, 11) is -6.03. The maximum Gasteiger partial charge on any atom is 0.307 e. The van der Waals surface area contributed by atoms with Crippen molar-refractivity contribution in [2.24, 2.45) is 11.8 Å². The Morgan fingerprint density at radius 3 is 1.37 bits per heavy atom. The molecule has 0 bridgehead atoms. The number of rotatable bonds is 27. The number of fused-ring (bicyclic) bond motifs is 2. The highest BCUT2D eigenvalue weighted by molar-refractivity contribution is 7.90. The summed E-state index contributed by atoms with van der Waals surface area (Å²) >= 11 is 0. The van der Waals surface area contributed by atoms with E-state index in [1.54, 1.807) is 31.2 Å². The normalized spacial score (nSPS) is 14.9. The third-order valence-corrected chi connectivity index (χ3v) is 17.1. The van der Waals surface area contributed by atoms with Crippen LogP contribution in [0.15, 0.2) is 93.8 Å². The molecule has 20 heteroatoms. The van der Waals surface area contributed by atoms with Crippen molar-refractivity contribution >= 4 is 76.7 Å². The number of carbonyl (C=O) groups excluding carboxylic acids is 3. The summed E-state index contributed by atoms with van der Waals surface area (Å²) < 4.78 is 75.0. The lowest BCUT2D eigenvalue weighted by atomic mass is 9.82. The standard InChI is InChI=1S/C32H42N2O7S.C30H38N2O7S/c1-4-39-29(35)17-18-33-32(36)24-11-13-25(14-12-24)34-30(23-9-6-5-7-10-23)31-22(2)27-21-26(15-16-28(27)41-31)40-19-8-20-42(3,37)38;1-20-25-19-24(38-17-6-18-40(2,36)37)13-14-26(25)39-29(20)28(21-7-4-3-5-8-21)32-23-11-9-22(10-12-23)30(35)31-16-15-27(33)34/h11-16,21,23,30,34H,4-10,17-20H2,1-3H3,(H,33,36);9-14,19,21,28,32H,3-8,15-18H2,1-2H3,(H,31,35)(H,33,34). The highest BCUT2D eigenvalue weighted by atomic mass is 32.2. The van der Waals surface area contributed by atoms with Gasteiger partial charge in [0, 0.05) is 70.0 Å². The first kappa shape index (κ1) is 62.5. The average molecular weight is 1170 g/mol. The number of benzene rings is 4. The second-order valence-electron chi connectivity index (χ2n) is 21.6. The van der Waals surface area contributed by atoms with Crippen LogP contribution in [0.5, 0.6) is 11.5 Å². The molecule has 2 saturated carbocycles. The van der Waals surface area contributed by atoms with Gasteiger partial charge in [0.1, 0.15) is 53.9 Å². The van der Waals surface area contributed by atoms with Gasteiger partial charge in [-0.25, -0.2) is 16.8 Å².